The summed E-state index contributed by atoms with van der Waals surface area (Å²) in [5.41, 5.74) is 1.99. The highest BCUT2D eigenvalue weighted by atomic mass is 32.1. The highest BCUT2D eigenvalue weighted by Gasteiger charge is 2.35. The molecule has 0 radical (unpaired) electrons. The first-order valence-corrected chi connectivity index (χ1v) is 13.3. The van der Waals surface area contributed by atoms with Gasteiger partial charge in [-0.15, -0.1) is 21.5 Å². The zero-order valence-corrected chi connectivity index (χ0v) is 23.0. The third kappa shape index (κ3) is 6.63. The molecule has 0 fully saturated rings. The second-order valence-corrected chi connectivity index (χ2v) is 10.8. The number of nitrogens with zero attached hydrogens (tertiary/aromatic N) is 5. The standard InChI is InChI=1S/C28H32N6O3S/c1-6-37-22-15-13-21(14-16-22)34(25(23-8-7-17-38-23)27(36)29-28(3,4)5)24(35)18-33-31-26(30-32-33)20-11-9-19(2)10-12-20/h7-17,25H,6,18H2,1-5H3,(H,29,36). The summed E-state index contributed by atoms with van der Waals surface area (Å²) in [7, 11) is 0. The van der Waals surface area contributed by atoms with Crippen LogP contribution >= 0.6 is 11.3 Å². The van der Waals surface area contributed by atoms with Gasteiger partial charge in [0.25, 0.3) is 5.91 Å². The third-order valence-corrected chi connectivity index (χ3v) is 6.48. The molecule has 198 valence electrons. The number of benzene rings is 2. The molecule has 1 N–H and O–H groups in total. The van der Waals surface area contributed by atoms with Gasteiger partial charge >= 0.3 is 0 Å². The van der Waals surface area contributed by atoms with Gasteiger partial charge < -0.3 is 10.1 Å². The summed E-state index contributed by atoms with van der Waals surface area (Å²) in [6.07, 6.45) is 0. The van der Waals surface area contributed by atoms with Gasteiger partial charge in [-0.2, -0.15) is 4.80 Å². The molecule has 9 nitrogen and oxygen atoms in total. The van der Waals surface area contributed by atoms with Gasteiger partial charge in [0.15, 0.2) is 0 Å². The molecule has 2 amide bonds. The van der Waals surface area contributed by atoms with E-state index in [0.717, 1.165) is 16.0 Å². The highest BCUT2D eigenvalue weighted by Crippen LogP contribution is 2.32. The number of rotatable bonds is 9. The average Bonchev–Trinajstić information content (AvgIpc) is 3.55. The van der Waals surface area contributed by atoms with E-state index in [0.29, 0.717) is 23.9 Å². The van der Waals surface area contributed by atoms with Crippen molar-refractivity contribution in [2.24, 2.45) is 0 Å². The average molecular weight is 533 g/mol. The number of hydrogen-bond donors (Lipinski definition) is 1. The molecule has 0 aliphatic carbocycles. The SMILES string of the molecule is CCOc1ccc(N(C(=O)Cn2nnc(-c3ccc(C)cc3)n2)C(C(=O)NC(C)(C)C)c2cccs2)cc1. The molecular weight excluding hydrogens is 500 g/mol. The van der Waals surface area contributed by atoms with E-state index < -0.39 is 11.6 Å². The predicted molar refractivity (Wildman–Crippen MR) is 148 cm³/mol. The fourth-order valence-electron chi connectivity index (χ4n) is 3.89. The van der Waals surface area contributed by atoms with Crippen molar-refractivity contribution >= 4 is 28.8 Å². The van der Waals surface area contributed by atoms with Crippen molar-refractivity contribution in [3.63, 3.8) is 0 Å². The van der Waals surface area contributed by atoms with E-state index in [-0.39, 0.29) is 18.4 Å². The molecule has 1 unspecified atom stereocenters. The number of nitrogens with one attached hydrogen (secondary N) is 1. The summed E-state index contributed by atoms with van der Waals surface area (Å²) in [4.78, 5) is 31.0. The van der Waals surface area contributed by atoms with Gasteiger partial charge in [-0.1, -0.05) is 35.9 Å². The van der Waals surface area contributed by atoms with Crippen LogP contribution in [0.5, 0.6) is 5.75 Å². The Labute approximate surface area is 226 Å². The predicted octanol–water partition coefficient (Wildman–Crippen LogP) is 4.80. The second kappa shape index (κ2) is 11.6. The third-order valence-electron chi connectivity index (χ3n) is 5.55. The Hall–Kier alpha value is -4.05. The van der Waals surface area contributed by atoms with Crippen molar-refractivity contribution in [3.05, 3.63) is 76.5 Å². The Morgan fingerprint density at radius 2 is 1.79 bits per heavy atom. The number of thiophene rings is 1. The molecule has 4 aromatic rings. The number of amides is 2. The number of ether oxygens (including phenoxy) is 1. The van der Waals surface area contributed by atoms with Crippen LogP contribution in [-0.4, -0.2) is 44.2 Å². The van der Waals surface area contributed by atoms with Crippen LogP contribution < -0.4 is 15.0 Å². The Morgan fingerprint density at radius 1 is 1.08 bits per heavy atom. The van der Waals surface area contributed by atoms with Crippen LogP contribution in [-0.2, 0) is 16.1 Å². The molecule has 2 aromatic heterocycles. The van der Waals surface area contributed by atoms with E-state index in [1.807, 2.05) is 76.4 Å². The van der Waals surface area contributed by atoms with E-state index in [9.17, 15) is 9.59 Å². The summed E-state index contributed by atoms with van der Waals surface area (Å²) < 4.78 is 5.58. The van der Waals surface area contributed by atoms with E-state index in [1.165, 1.54) is 21.0 Å². The van der Waals surface area contributed by atoms with Crippen LogP contribution in [0.3, 0.4) is 0 Å². The van der Waals surface area contributed by atoms with Crippen LogP contribution in [0.25, 0.3) is 11.4 Å². The lowest BCUT2D eigenvalue weighted by Crippen LogP contribution is -2.50. The minimum atomic E-state index is -0.889. The lowest BCUT2D eigenvalue weighted by molar-refractivity contribution is -0.128. The van der Waals surface area contributed by atoms with Crippen molar-refractivity contribution in [3.8, 4) is 17.1 Å². The van der Waals surface area contributed by atoms with E-state index in [1.54, 1.807) is 24.3 Å². The van der Waals surface area contributed by atoms with Crippen LogP contribution in [0, 0.1) is 6.92 Å². The maximum absolute atomic E-state index is 13.9. The van der Waals surface area contributed by atoms with Crippen LogP contribution in [0.4, 0.5) is 5.69 Å². The number of aromatic nitrogens is 4. The molecule has 2 aromatic carbocycles. The largest absolute Gasteiger partial charge is 0.494 e. The van der Waals surface area contributed by atoms with Gasteiger partial charge in [0.05, 0.1) is 6.61 Å². The molecule has 1 atom stereocenters. The van der Waals surface area contributed by atoms with Crippen LogP contribution in [0.1, 0.15) is 44.2 Å². The van der Waals surface area contributed by atoms with E-state index in [2.05, 4.69) is 20.7 Å². The van der Waals surface area contributed by atoms with Gasteiger partial charge in [-0.25, -0.2) is 0 Å². The summed E-state index contributed by atoms with van der Waals surface area (Å²) >= 11 is 1.42. The number of hydrogen-bond acceptors (Lipinski definition) is 7. The van der Waals surface area contributed by atoms with Gasteiger partial charge in [-0.05, 0) is 75.5 Å². The number of anilines is 1. The van der Waals surface area contributed by atoms with Crippen LogP contribution in [0.15, 0.2) is 66.0 Å². The Morgan fingerprint density at radius 3 is 2.39 bits per heavy atom. The fraction of sp³-hybridized carbons (Fsp3) is 0.321. The molecule has 0 saturated heterocycles. The molecule has 0 bridgehead atoms. The lowest BCUT2D eigenvalue weighted by Gasteiger charge is -2.33. The summed E-state index contributed by atoms with van der Waals surface area (Å²) in [5, 5.41) is 17.6. The maximum atomic E-state index is 13.9. The lowest BCUT2D eigenvalue weighted by atomic mass is 10.1. The Balaban J connectivity index is 1.70. The molecule has 0 spiro atoms. The minimum absolute atomic E-state index is 0.198. The van der Waals surface area contributed by atoms with Crippen molar-refractivity contribution in [1.29, 1.82) is 0 Å². The molecule has 0 saturated carbocycles. The fourth-order valence-corrected chi connectivity index (χ4v) is 4.70. The Kier molecular flexibility index (Phi) is 8.21. The normalized spacial score (nSPS) is 12.1. The van der Waals surface area contributed by atoms with Crippen molar-refractivity contribution in [2.75, 3.05) is 11.5 Å². The summed E-state index contributed by atoms with van der Waals surface area (Å²) in [5.74, 6) is 0.459. The monoisotopic (exact) mass is 532 g/mol. The zero-order valence-electron chi connectivity index (χ0n) is 22.2. The van der Waals surface area contributed by atoms with Crippen molar-refractivity contribution < 1.29 is 14.3 Å². The zero-order chi connectivity index (χ0) is 27.3. The van der Waals surface area contributed by atoms with Crippen molar-refractivity contribution in [2.45, 2.75) is 52.7 Å². The van der Waals surface area contributed by atoms with E-state index >= 15 is 0 Å². The molecule has 4 rings (SSSR count). The Bertz CT molecular complexity index is 1360. The van der Waals surface area contributed by atoms with Crippen LogP contribution in [0.2, 0.25) is 0 Å². The molecule has 0 aliphatic rings. The summed E-state index contributed by atoms with van der Waals surface area (Å²) in [6, 6.07) is 17.7. The molecule has 10 heteroatoms. The number of tetrazole rings is 1. The maximum Gasteiger partial charge on any atom is 0.251 e. The smallest absolute Gasteiger partial charge is 0.251 e. The number of aryl methyl sites for hydroxylation is 1. The van der Waals surface area contributed by atoms with Gasteiger partial charge in [-0.3, -0.25) is 14.5 Å². The topological polar surface area (TPSA) is 102 Å². The number of carbonyl (C=O) groups excluding carboxylic acids is 2. The minimum Gasteiger partial charge on any atom is -0.494 e. The van der Waals surface area contributed by atoms with Crippen molar-refractivity contribution in [1.82, 2.24) is 25.5 Å². The summed E-state index contributed by atoms with van der Waals surface area (Å²) in [6.45, 7) is 9.96. The molecule has 38 heavy (non-hydrogen) atoms. The highest BCUT2D eigenvalue weighted by molar-refractivity contribution is 7.10. The molecule has 0 aliphatic heterocycles. The molecule has 2 heterocycles. The number of carbonyl (C=O) groups is 2. The van der Waals surface area contributed by atoms with Gasteiger partial charge in [0, 0.05) is 21.7 Å². The van der Waals surface area contributed by atoms with Gasteiger partial charge in [0.2, 0.25) is 11.7 Å². The van der Waals surface area contributed by atoms with E-state index in [4.69, 9.17) is 4.74 Å². The van der Waals surface area contributed by atoms with Gasteiger partial charge in [0.1, 0.15) is 18.3 Å². The first-order valence-electron chi connectivity index (χ1n) is 12.4. The quantitative estimate of drug-likeness (QED) is 0.332. The first-order chi connectivity index (χ1) is 18.1. The second-order valence-electron chi connectivity index (χ2n) is 9.86. The molecular formula is C28H32N6O3S. The first kappa shape index (κ1) is 27.0.